The van der Waals surface area contributed by atoms with Crippen LogP contribution in [0.1, 0.15) is 17.5 Å². The minimum Gasteiger partial charge on any atom is -0.503 e. The number of nitrogen functional groups attached to an aromatic ring is 1. The molecular formula is C15H16N6O9S2. The third-order valence-corrected chi connectivity index (χ3v) is 6.14. The normalized spacial score (nSPS) is 18.9. The number of carbonyl (C=O) groups excluding carboxylic acids is 2. The molecule has 0 aromatic carbocycles. The number of carbonyl (C=O) groups is 2. The molecule has 0 aliphatic carbocycles. The Morgan fingerprint density at radius 2 is 2.12 bits per heavy atom. The van der Waals surface area contributed by atoms with E-state index in [1.54, 1.807) is 0 Å². The number of pyridine rings is 1. The number of nitrogens with one attached hydrogen (secondary N) is 1. The highest BCUT2D eigenvalue weighted by molar-refractivity contribution is 7.84. The summed E-state index contributed by atoms with van der Waals surface area (Å²) in [6, 6.07) is -1.44. The lowest BCUT2D eigenvalue weighted by molar-refractivity contribution is -0.143. The van der Waals surface area contributed by atoms with Crippen LogP contribution in [-0.2, 0) is 31.3 Å². The van der Waals surface area contributed by atoms with Gasteiger partial charge in [0.05, 0.1) is 17.1 Å². The van der Waals surface area contributed by atoms with Crippen molar-refractivity contribution in [2.24, 2.45) is 5.16 Å². The Morgan fingerprint density at radius 3 is 2.69 bits per heavy atom. The largest absolute Gasteiger partial charge is 0.503 e. The molecular weight excluding hydrogens is 472 g/mol. The number of oxime groups is 1. The average molecular weight is 488 g/mol. The quantitative estimate of drug-likeness (QED) is 0.0966. The van der Waals surface area contributed by atoms with Gasteiger partial charge in [0, 0.05) is 12.3 Å². The van der Waals surface area contributed by atoms with Crippen LogP contribution in [0.4, 0.5) is 5.13 Å². The fourth-order valence-corrected chi connectivity index (χ4v) is 4.28. The summed E-state index contributed by atoms with van der Waals surface area (Å²) in [5, 5.41) is 25.0. The highest BCUT2D eigenvalue weighted by Crippen LogP contribution is 2.23. The SMILES string of the molecule is C[C@H]1[C@H](NC(=O)/C(=N\OCc2cc(=O)c(O)cn2O)c2cnc(N)s2)C(=O)N1S(=O)(=O)O. The van der Waals surface area contributed by atoms with Crippen molar-refractivity contribution < 1.29 is 37.7 Å². The topological polar surface area (TPSA) is 227 Å². The first-order valence-corrected chi connectivity index (χ1v) is 10.8. The van der Waals surface area contributed by atoms with Crippen molar-refractivity contribution in [3.63, 3.8) is 0 Å². The van der Waals surface area contributed by atoms with Crippen LogP contribution in [-0.4, -0.2) is 66.9 Å². The molecule has 0 saturated carbocycles. The summed E-state index contributed by atoms with van der Waals surface area (Å²) >= 11 is 0.863. The Hall–Kier alpha value is -3.70. The summed E-state index contributed by atoms with van der Waals surface area (Å²) in [5.41, 5.74) is 4.30. The van der Waals surface area contributed by atoms with E-state index in [1.165, 1.54) is 13.1 Å². The molecule has 2 atom stereocenters. The number of rotatable bonds is 7. The maximum atomic E-state index is 12.7. The molecule has 2 amide bonds. The first kappa shape index (κ1) is 23.0. The molecule has 2 aromatic rings. The minimum absolute atomic E-state index is 0.0915. The van der Waals surface area contributed by atoms with Gasteiger partial charge in [0.2, 0.25) is 5.43 Å². The van der Waals surface area contributed by atoms with Crippen LogP contribution in [0.25, 0.3) is 0 Å². The van der Waals surface area contributed by atoms with Crippen LogP contribution in [0, 0.1) is 0 Å². The lowest BCUT2D eigenvalue weighted by Crippen LogP contribution is -2.71. The number of aromatic hydroxyl groups is 1. The van der Waals surface area contributed by atoms with Crippen molar-refractivity contribution in [3.05, 3.63) is 39.3 Å². The molecule has 2 aromatic heterocycles. The molecule has 32 heavy (non-hydrogen) atoms. The monoisotopic (exact) mass is 488 g/mol. The third kappa shape index (κ3) is 4.48. The van der Waals surface area contributed by atoms with E-state index in [2.05, 4.69) is 15.5 Å². The second-order valence-corrected chi connectivity index (χ2v) is 8.79. The van der Waals surface area contributed by atoms with Gasteiger partial charge in [0.15, 0.2) is 23.2 Å². The van der Waals surface area contributed by atoms with E-state index in [0.717, 1.165) is 23.6 Å². The van der Waals surface area contributed by atoms with Crippen LogP contribution < -0.4 is 16.5 Å². The Morgan fingerprint density at radius 1 is 1.44 bits per heavy atom. The Balaban J connectivity index is 1.79. The van der Waals surface area contributed by atoms with Gasteiger partial charge in [-0.3, -0.25) is 18.9 Å². The van der Waals surface area contributed by atoms with Crippen molar-refractivity contribution in [1.29, 1.82) is 0 Å². The average Bonchev–Trinajstić information content (AvgIpc) is 3.11. The number of hydrogen-bond acceptors (Lipinski definition) is 12. The molecule has 1 fully saturated rings. The summed E-state index contributed by atoms with van der Waals surface area (Å²) in [5.74, 6) is -2.69. The molecule has 1 aliphatic rings. The smallest absolute Gasteiger partial charge is 0.362 e. The zero-order valence-electron chi connectivity index (χ0n) is 16.1. The summed E-state index contributed by atoms with van der Waals surface area (Å²) in [6.07, 6.45) is 1.95. The second kappa shape index (κ2) is 8.44. The van der Waals surface area contributed by atoms with E-state index in [-0.39, 0.29) is 25.7 Å². The van der Waals surface area contributed by atoms with E-state index < -0.39 is 52.0 Å². The number of nitrogens with zero attached hydrogens (tertiary/aromatic N) is 4. The molecule has 17 heteroatoms. The Labute approximate surface area is 183 Å². The molecule has 0 bridgehead atoms. The fourth-order valence-electron chi connectivity index (χ4n) is 2.73. The first-order valence-electron chi connectivity index (χ1n) is 8.57. The van der Waals surface area contributed by atoms with Crippen molar-refractivity contribution in [3.8, 4) is 5.75 Å². The number of anilines is 1. The van der Waals surface area contributed by atoms with Gasteiger partial charge in [0.1, 0.15) is 11.7 Å². The summed E-state index contributed by atoms with van der Waals surface area (Å²) in [7, 11) is -4.77. The van der Waals surface area contributed by atoms with Gasteiger partial charge >= 0.3 is 10.3 Å². The molecule has 1 aliphatic heterocycles. The van der Waals surface area contributed by atoms with E-state index in [1.807, 2.05) is 0 Å². The van der Waals surface area contributed by atoms with Gasteiger partial charge in [-0.05, 0) is 6.92 Å². The third-order valence-electron chi connectivity index (χ3n) is 4.30. The number of β-lactam (4-membered cyclic amide) rings is 1. The molecule has 0 unspecified atom stereocenters. The van der Waals surface area contributed by atoms with Gasteiger partial charge in [-0.25, -0.2) is 9.29 Å². The van der Waals surface area contributed by atoms with Gasteiger partial charge in [-0.15, -0.1) is 0 Å². The fraction of sp³-hybridized carbons (Fsp3) is 0.267. The zero-order chi connectivity index (χ0) is 23.8. The van der Waals surface area contributed by atoms with Crippen LogP contribution in [0.2, 0.25) is 0 Å². The van der Waals surface area contributed by atoms with Crippen LogP contribution in [0.3, 0.4) is 0 Å². The summed E-state index contributed by atoms with van der Waals surface area (Å²) in [6.45, 7) is 0.801. The van der Waals surface area contributed by atoms with Gasteiger partial charge < -0.3 is 26.2 Å². The maximum Gasteiger partial charge on any atom is 0.362 e. The van der Waals surface area contributed by atoms with Crippen molar-refractivity contribution in [2.75, 3.05) is 5.73 Å². The number of thiazole rings is 1. The van der Waals surface area contributed by atoms with Crippen LogP contribution >= 0.6 is 11.3 Å². The summed E-state index contributed by atoms with van der Waals surface area (Å²) < 4.78 is 32.1. The molecule has 0 spiro atoms. The van der Waals surface area contributed by atoms with Gasteiger partial charge in [-0.1, -0.05) is 16.5 Å². The second-order valence-electron chi connectivity index (χ2n) is 6.44. The number of hydrogen-bond donors (Lipinski definition) is 5. The predicted octanol–water partition coefficient (Wildman–Crippen LogP) is -1.73. The first-order chi connectivity index (χ1) is 14.9. The van der Waals surface area contributed by atoms with Crippen molar-refractivity contribution in [1.82, 2.24) is 19.3 Å². The molecule has 15 nitrogen and oxygen atoms in total. The molecule has 6 N–H and O–H groups in total. The molecule has 0 radical (unpaired) electrons. The summed E-state index contributed by atoms with van der Waals surface area (Å²) in [4.78, 5) is 45.2. The van der Waals surface area contributed by atoms with Crippen LogP contribution in [0.15, 0.2) is 28.4 Å². The van der Waals surface area contributed by atoms with E-state index in [0.29, 0.717) is 4.73 Å². The highest BCUT2D eigenvalue weighted by atomic mass is 32.2. The van der Waals surface area contributed by atoms with Gasteiger partial charge in [0.25, 0.3) is 11.8 Å². The number of aromatic nitrogens is 2. The zero-order valence-corrected chi connectivity index (χ0v) is 17.7. The number of nitrogens with two attached hydrogens (primary N) is 1. The molecule has 3 heterocycles. The van der Waals surface area contributed by atoms with E-state index in [4.69, 9.17) is 15.1 Å². The van der Waals surface area contributed by atoms with E-state index in [9.17, 15) is 33.1 Å². The number of amides is 2. The Bertz CT molecular complexity index is 1270. The molecule has 172 valence electrons. The molecule has 3 rings (SSSR count). The molecule has 1 saturated heterocycles. The standard InChI is InChI=1S/C15H16N6O9S2/c1-6-11(14(25)21(6)32(27,28)29)18-13(24)12(10-3-17-15(16)31-10)19-30-5-7-2-8(22)9(23)4-20(7)26/h2-4,6,11,23,26H,5H2,1H3,(H2,16,17)(H,18,24)(H,27,28,29)/b19-12-/t6-,11-/m0/s1. The highest BCUT2D eigenvalue weighted by Gasteiger charge is 2.51. The van der Waals surface area contributed by atoms with Crippen LogP contribution in [0.5, 0.6) is 5.75 Å². The van der Waals surface area contributed by atoms with Gasteiger partial charge in [-0.2, -0.15) is 13.1 Å². The lowest BCUT2D eigenvalue weighted by Gasteiger charge is -2.42. The lowest BCUT2D eigenvalue weighted by atomic mass is 10.0. The minimum atomic E-state index is -4.77. The van der Waals surface area contributed by atoms with E-state index >= 15 is 0 Å². The van der Waals surface area contributed by atoms with Crippen molar-refractivity contribution in [2.45, 2.75) is 25.6 Å². The predicted molar refractivity (Wildman–Crippen MR) is 107 cm³/mol. The van der Waals surface area contributed by atoms with Crippen molar-refractivity contribution >= 4 is 44.3 Å². The Kier molecular flexibility index (Phi) is 6.06. The maximum absolute atomic E-state index is 12.7.